The first-order chi connectivity index (χ1) is 12.0. The van der Waals surface area contributed by atoms with E-state index in [1.807, 2.05) is 13.8 Å². The number of amides is 1. The molecule has 0 saturated heterocycles. The van der Waals surface area contributed by atoms with Gasteiger partial charge in [-0.3, -0.25) is 9.78 Å². The molecule has 1 amide bonds. The molecule has 3 heterocycles. The molecule has 8 heteroatoms. The van der Waals surface area contributed by atoms with E-state index < -0.39 is 0 Å². The Morgan fingerprint density at radius 2 is 2.20 bits per heavy atom. The van der Waals surface area contributed by atoms with Gasteiger partial charge >= 0.3 is 0 Å². The predicted octanol–water partition coefficient (Wildman–Crippen LogP) is 3.28. The fourth-order valence-corrected chi connectivity index (χ4v) is 2.43. The van der Waals surface area contributed by atoms with E-state index in [2.05, 4.69) is 20.4 Å². The lowest BCUT2D eigenvalue weighted by atomic mass is 10.1. The highest BCUT2D eigenvalue weighted by atomic mass is 16.5. The molecule has 130 valence electrons. The first kappa shape index (κ1) is 16.7. The van der Waals surface area contributed by atoms with E-state index in [4.69, 9.17) is 9.15 Å². The van der Waals surface area contributed by atoms with Crippen molar-refractivity contribution in [3.8, 4) is 11.6 Å². The zero-order valence-corrected chi connectivity index (χ0v) is 14.5. The van der Waals surface area contributed by atoms with Crippen LogP contribution in [0.25, 0.3) is 0 Å². The van der Waals surface area contributed by atoms with Gasteiger partial charge in [-0.15, -0.1) is 0 Å². The van der Waals surface area contributed by atoms with Gasteiger partial charge in [0.1, 0.15) is 17.2 Å². The van der Waals surface area contributed by atoms with Gasteiger partial charge < -0.3 is 14.5 Å². The van der Waals surface area contributed by atoms with Crippen LogP contribution in [0.4, 0.5) is 5.69 Å². The third-order valence-corrected chi connectivity index (χ3v) is 3.59. The highest BCUT2D eigenvalue weighted by molar-refractivity contribution is 6.04. The van der Waals surface area contributed by atoms with Crippen LogP contribution in [0.3, 0.4) is 0 Å². The zero-order valence-electron chi connectivity index (χ0n) is 14.5. The van der Waals surface area contributed by atoms with Crippen molar-refractivity contribution in [1.82, 2.24) is 19.7 Å². The minimum Gasteiger partial charge on any atom is -0.447 e. The van der Waals surface area contributed by atoms with Crippen LogP contribution < -0.4 is 10.1 Å². The molecule has 3 aromatic heterocycles. The van der Waals surface area contributed by atoms with E-state index in [1.54, 1.807) is 43.2 Å². The number of pyridine rings is 1. The third kappa shape index (κ3) is 3.37. The summed E-state index contributed by atoms with van der Waals surface area (Å²) in [5.74, 6) is 1.17. The summed E-state index contributed by atoms with van der Waals surface area (Å²) < 4.78 is 12.7. The van der Waals surface area contributed by atoms with Crippen LogP contribution in [0.15, 0.2) is 35.3 Å². The Hall–Kier alpha value is -3.16. The minimum atomic E-state index is -0.371. The normalized spacial score (nSPS) is 10.9. The van der Waals surface area contributed by atoms with Crippen molar-refractivity contribution in [3.63, 3.8) is 0 Å². The second-order valence-electron chi connectivity index (χ2n) is 5.85. The average Bonchev–Trinajstić information content (AvgIpc) is 3.16. The van der Waals surface area contributed by atoms with Gasteiger partial charge in [0.15, 0.2) is 12.1 Å². The van der Waals surface area contributed by atoms with E-state index >= 15 is 0 Å². The van der Waals surface area contributed by atoms with Gasteiger partial charge in [0.25, 0.3) is 5.91 Å². The van der Waals surface area contributed by atoms with Gasteiger partial charge in [0.05, 0.1) is 11.9 Å². The molecule has 1 N–H and O–H groups in total. The van der Waals surface area contributed by atoms with Crippen molar-refractivity contribution in [2.45, 2.75) is 26.7 Å². The van der Waals surface area contributed by atoms with Gasteiger partial charge in [-0.05, 0) is 19.1 Å². The summed E-state index contributed by atoms with van der Waals surface area (Å²) in [6, 6.07) is 3.54. The Bertz CT molecular complexity index is 883. The van der Waals surface area contributed by atoms with E-state index in [1.165, 1.54) is 6.39 Å². The predicted molar refractivity (Wildman–Crippen MR) is 90.8 cm³/mol. The van der Waals surface area contributed by atoms with Crippen LogP contribution in [0, 0.1) is 6.92 Å². The van der Waals surface area contributed by atoms with Crippen molar-refractivity contribution in [2.24, 2.45) is 7.05 Å². The lowest BCUT2D eigenvalue weighted by molar-refractivity contribution is 0.102. The molecule has 3 aromatic rings. The molecule has 0 bridgehead atoms. The van der Waals surface area contributed by atoms with Crippen molar-refractivity contribution >= 4 is 11.6 Å². The molecule has 0 aliphatic rings. The molecular formula is C17H19N5O3. The zero-order chi connectivity index (χ0) is 18.0. The van der Waals surface area contributed by atoms with Crippen LogP contribution in [-0.2, 0) is 7.05 Å². The number of ether oxygens (including phenoxy) is 1. The maximum absolute atomic E-state index is 12.6. The lowest BCUT2D eigenvalue weighted by Gasteiger charge is -2.10. The molecule has 0 spiro atoms. The second-order valence-corrected chi connectivity index (χ2v) is 5.85. The number of nitrogens with zero attached hydrogens (tertiary/aromatic N) is 4. The van der Waals surface area contributed by atoms with Gasteiger partial charge in [-0.2, -0.15) is 5.10 Å². The average molecular weight is 341 g/mol. The largest absolute Gasteiger partial charge is 0.447 e. The van der Waals surface area contributed by atoms with E-state index in [9.17, 15) is 4.79 Å². The monoisotopic (exact) mass is 341 g/mol. The molecule has 3 rings (SSSR count). The summed E-state index contributed by atoms with van der Waals surface area (Å²) in [7, 11) is 1.74. The summed E-state index contributed by atoms with van der Waals surface area (Å²) in [5.41, 5.74) is 1.36. The van der Waals surface area contributed by atoms with Gasteiger partial charge in [-0.1, -0.05) is 13.8 Å². The van der Waals surface area contributed by atoms with Crippen molar-refractivity contribution in [2.75, 3.05) is 5.32 Å². The number of nitrogens with one attached hydrogen (secondary N) is 1. The fraction of sp³-hybridized carbons (Fsp3) is 0.294. The maximum Gasteiger partial charge on any atom is 0.278 e. The molecule has 0 aliphatic carbocycles. The number of carbonyl (C=O) groups is 1. The number of oxazole rings is 1. The number of aromatic nitrogens is 4. The smallest absolute Gasteiger partial charge is 0.278 e. The highest BCUT2D eigenvalue weighted by Gasteiger charge is 2.23. The summed E-state index contributed by atoms with van der Waals surface area (Å²) in [6.07, 6.45) is 4.51. The van der Waals surface area contributed by atoms with Crippen LogP contribution in [0.1, 0.15) is 41.7 Å². The number of aryl methyl sites for hydroxylation is 2. The van der Waals surface area contributed by atoms with Gasteiger partial charge in [0.2, 0.25) is 5.88 Å². The summed E-state index contributed by atoms with van der Waals surface area (Å²) in [5, 5.41) is 7.14. The minimum absolute atomic E-state index is 0.0457. The number of hydrogen-bond acceptors (Lipinski definition) is 6. The Morgan fingerprint density at radius 1 is 1.40 bits per heavy atom. The molecule has 8 nitrogen and oxygen atoms in total. The number of carbonyl (C=O) groups excluding carboxylic acids is 1. The number of rotatable bonds is 5. The van der Waals surface area contributed by atoms with E-state index in [-0.39, 0.29) is 17.5 Å². The molecule has 0 radical (unpaired) electrons. The number of hydrogen-bond donors (Lipinski definition) is 1. The van der Waals surface area contributed by atoms with Crippen molar-refractivity contribution in [1.29, 1.82) is 0 Å². The Morgan fingerprint density at radius 3 is 2.88 bits per heavy atom. The van der Waals surface area contributed by atoms with E-state index in [0.717, 1.165) is 0 Å². The maximum atomic E-state index is 12.6. The Kier molecular flexibility index (Phi) is 4.51. The molecule has 0 aliphatic heterocycles. The second kappa shape index (κ2) is 6.76. The van der Waals surface area contributed by atoms with Gasteiger partial charge in [-0.25, -0.2) is 9.67 Å². The van der Waals surface area contributed by atoms with Gasteiger partial charge in [0, 0.05) is 19.2 Å². The fourth-order valence-electron chi connectivity index (χ4n) is 2.43. The summed E-state index contributed by atoms with van der Waals surface area (Å²) in [6.45, 7) is 5.66. The highest BCUT2D eigenvalue weighted by Crippen LogP contribution is 2.32. The Labute approximate surface area is 144 Å². The molecule has 0 unspecified atom stereocenters. The summed E-state index contributed by atoms with van der Waals surface area (Å²) >= 11 is 0. The standard InChI is InChI=1S/C17H19N5O3/c1-10(2)15-14(19-9-24-15)16(23)20-13-11(3)21-22(4)17(13)25-12-6-5-7-18-8-12/h5-10H,1-4H3,(H,20,23). The molecule has 0 atom stereocenters. The first-order valence-corrected chi connectivity index (χ1v) is 7.83. The quantitative estimate of drug-likeness (QED) is 0.765. The SMILES string of the molecule is Cc1nn(C)c(Oc2cccnc2)c1NC(=O)c1ncoc1C(C)C. The van der Waals surface area contributed by atoms with Crippen molar-refractivity contribution < 1.29 is 13.9 Å². The molecule has 0 aromatic carbocycles. The molecule has 0 saturated carbocycles. The first-order valence-electron chi connectivity index (χ1n) is 7.83. The van der Waals surface area contributed by atoms with Crippen LogP contribution in [-0.4, -0.2) is 25.7 Å². The molecular weight excluding hydrogens is 322 g/mol. The van der Waals surface area contributed by atoms with Crippen molar-refractivity contribution in [3.05, 3.63) is 48.1 Å². The third-order valence-electron chi connectivity index (χ3n) is 3.59. The summed E-state index contributed by atoms with van der Waals surface area (Å²) in [4.78, 5) is 20.7. The van der Waals surface area contributed by atoms with Crippen LogP contribution in [0.5, 0.6) is 11.6 Å². The topological polar surface area (TPSA) is 95.1 Å². The molecule has 0 fully saturated rings. The van der Waals surface area contributed by atoms with Crippen LogP contribution in [0.2, 0.25) is 0 Å². The number of anilines is 1. The lowest BCUT2D eigenvalue weighted by Crippen LogP contribution is -2.15. The molecule has 25 heavy (non-hydrogen) atoms. The van der Waals surface area contributed by atoms with E-state index in [0.29, 0.717) is 28.8 Å². The Balaban J connectivity index is 1.90. The van der Waals surface area contributed by atoms with Crippen LogP contribution >= 0.6 is 0 Å².